The summed E-state index contributed by atoms with van der Waals surface area (Å²) >= 11 is 0. The van der Waals surface area contributed by atoms with Gasteiger partial charge in [-0.1, -0.05) is 24.0 Å². The summed E-state index contributed by atoms with van der Waals surface area (Å²) in [6.45, 7) is 2.67. The first kappa shape index (κ1) is 36.3. The molecule has 5 nitrogen and oxygen atoms in total. The molecule has 0 heterocycles. The third-order valence-corrected chi connectivity index (χ3v) is 5.87. The Kier molecular flexibility index (Phi) is 13.7. The molecular formula is C29H37ClF6N2O3. The largest absolute Gasteiger partial charge is 0.497 e. The molecule has 3 N–H and O–H groups in total. The van der Waals surface area contributed by atoms with Crippen LogP contribution in [0.2, 0.25) is 0 Å². The normalized spacial score (nSPS) is 17.3. The fourth-order valence-electron chi connectivity index (χ4n) is 3.51. The molecule has 41 heavy (non-hydrogen) atoms. The zero-order valence-corrected chi connectivity index (χ0v) is 24.1. The van der Waals surface area contributed by atoms with Gasteiger partial charge in [0.1, 0.15) is 12.4 Å². The highest BCUT2D eigenvalue weighted by Gasteiger charge is 2.40. The predicted octanol–water partition coefficient (Wildman–Crippen LogP) is 7.32. The van der Waals surface area contributed by atoms with Crippen molar-refractivity contribution in [2.45, 2.75) is 95.3 Å². The van der Waals surface area contributed by atoms with Crippen molar-refractivity contribution < 1.29 is 40.6 Å². The van der Waals surface area contributed by atoms with E-state index in [-0.39, 0.29) is 37.8 Å². The summed E-state index contributed by atoms with van der Waals surface area (Å²) in [6.07, 6.45) is -7.51. The molecule has 0 spiro atoms. The van der Waals surface area contributed by atoms with Crippen molar-refractivity contribution in [3.63, 3.8) is 0 Å². The fourth-order valence-corrected chi connectivity index (χ4v) is 3.51. The minimum Gasteiger partial charge on any atom is -0.497 e. The van der Waals surface area contributed by atoms with Gasteiger partial charge in [0.15, 0.2) is 0 Å². The van der Waals surface area contributed by atoms with Crippen LogP contribution in [0.1, 0.15) is 70.8 Å². The summed E-state index contributed by atoms with van der Waals surface area (Å²) < 4.78 is 84.7. The van der Waals surface area contributed by atoms with E-state index in [1.807, 2.05) is 0 Å². The van der Waals surface area contributed by atoms with Gasteiger partial charge in [0, 0.05) is 30.2 Å². The van der Waals surface area contributed by atoms with Crippen molar-refractivity contribution in [3.05, 3.63) is 29.8 Å². The van der Waals surface area contributed by atoms with Gasteiger partial charge in [-0.05, 0) is 57.2 Å². The number of hydrogen-bond donors (Lipinski definition) is 2. The molecule has 2 aliphatic carbocycles. The average molecular weight is 611 g/mol. The Morgan fingerprint density at radius 2 is 1.39 bits per heavy atom. The molecule has 1 aromatic rings. The lowest BCUT2D eigenvalue weighted by molar-refractivity contribution is -0.148. The Bertz CT molecular complexity index is 1090. The Morgan fingerprint density at radius 3 is 1.83 bits per heavy atom. The van der Waals surface area contributed by atoms with Crippen molar-refractivity contribution in [1.29, 1.82) is 0 Å². The second-order valence-corrected chi connectivity index (χ2v) is 10.9. The standard InChI is InChI=1S/C19H22F3NO3.C10H14F3N.ClH/c1-18(13-19(20,21)22,11-3-4-14-5-6-14)23-17(24)26-12-15-7-9-16(25-2)10-8-15;1-9(14,7-10(11,12)13)6-2-3-8-4-5-8;/h7-10,14H,5-6,11-13H2,1-2H3,(H,23,24);8H,4-7,14H2,1H3;1H. The van der Waals surface area contributed by atoms with Gasteiger partial charge in [-0.2, -0.15) is 26.3 Å². The number of nitrogens with two attached hydrogens (primary N) is 1. The number of amides is 1. The lowest BCUT2D eigenvalue weighted by Crippen LogP contribution is -2.48. The lowest BCUT2D eigenvalue weighted by Gasteiger charge is -2.29. The number of nitrogens with one attached hydrogen (secondary N) is 1. The van der Waals surface area contributed by atoms with Crippen molar-refractivity contribution in [3.8, 4) is 29.4 Å². The van der Waals surface area contributed by atoms with E-state index in [0.717, 1.165) is 25.7 Å². The van der Waals surface area contributed by atoms with Crippen LogP contribution >= 0.6 is 12.4 Å². The van der Waals surface area contributed by atoms with Gasteiger partial charge < -0.3 is 20.5 Å². The van der Waals surface area contributed by atoms with E-state index < -0.39 is 42.4 Å². The number of methoxy groups -OCH3 is 1. The quantitative estimate of drug-likeness (QED) is 0.239. The maximum Gasteiger partial charge on any atom is 0.407 e. The van der Waals surface area contributed by atoms with E-state index in [1.54, 1.807) is 24.3 Å². The van der Waals surface area contributed by atoms with Gasteiger partial charge in [-0.25, -0.2) is 4.79 Å². The second-order valence-electron chi connectivity index (χ2n) is 10.9. The highest BCUT2D eigenvalue weighted by atomic mass is 35.5. The Morgan fingerprint density at radius 1 is 0.902 bits per heavy atom. The molecule has 1 amide bonds. The number of alkyl carbamates (subject to hydrolysis) is 1. The van der Waals surface area contributed by atoms with Gasteiger partial charge in [-0.15, -0.1) is 24.2 Å². The lowest BCUT2D eigenvalue weighted by atomic mass is 9.93. The van der Waals surface area contributed by atoms with Crippen LogP contribution < -0.4 is 15.8 Å². The van der Waals surface area contributed by atoms with Gasteiger partial charge in [0.2, 0.25) is 0 Å². The SMILES string of the molecule is CC(N)(CC#CC1CC1)CC(F)(F)F.COc1ccc(COC(=O)NC(C)(CC#CC2CC2)CC(F)(F)F)cc1.Cl. The van der Waals surface area contributed by atoms with Gasteiger partial charge in [0.25, 0.3) is 0 Å². The van der Waals surface area contributed by atoms with E-state index in [2.05, 4.69) is 29.0 Å². The average Bonchev–Trinajstić information content (AvgIpc) is 3.72. The molecule has 12 heteroatoms. The summed E-state index contributed by atoms with van der Waals surface area (Å²) in [5.74, 6) is 12.7. The monoisotopic (exact) mass is 610 g/mol. The van der Waals surface area contributed by atoms with E-state index in [4.69, 9.17) is 15.2 Å². The van der Waals surface area contributed by atoms with Gasteiger partial charge >= 0.3 is 18.4 Å². The smallest absolute Gasteiger partial charge is 0.407 e. The van der Waals surface area contributed by atoms with E-state index in [0.29, 0.717) is 17.2 Å². The molecule has 2 aliphatic rings. The molecular weight excluding hydrogens is 574 g/mol. The first-order valence-corrected chi connectivity index (χ1v) is 12.9. The molecule has 0 aliphatic heterocycles. The predicted molar refractivity (Wildman–Crippen MR) is 146 cm³/mol. The molecule has 3 rings (SSSR count). The molecule has 0 saturated heterocycles. The molecule has 0 bridgehead atoms. The Labute approximate surface area is 243 Å². The maximum atomic E-state index is 12.9. The number of alkyl halides is 6. The van der Waals surface area contributed by atoms with Crippen LogP contribution in [0.5, 0.6) is 5.75 Å². The summed E-state index contributed by atoms with van der Waals surface area (Å²) in [5.41, 5.74) is 3.41. The minimum atomic E-state index is -4.42. The Balaban J connectivity index is 0.000000475. The summed E-state index contributed by atoms with van der Waals surface area (Å²) in [6, 6.07) is 6.83. The van der Waals surface area contributed by atoms with Gasteiger partial charge in [-0.3, -0.25) is 0 Å². The molecule has 1 aromatic carbocycles. The molecule has 2 fully saturated rings. The number of halogens is 7. The number of hydrogen-bond acceptors (Lipinski definition) is 4. The molecule has 2 saturated carbocycles. The van der Waals surface area contributed by atoms with Crippen LogP contribution in [0.3, 0.4) is 0 Å². The van der Waals surface area contributed by atoms with Crippen LogP contribution in [0.15, 0.2) is 24.3 Å². The molecule has 0 aromatic heterocycles. The van der Waals surface area contributed by atoms with E-state index in [9.17, 15) is 31.1 Å². The van der Waals surface area contributed by atoms with Crippen LogP contribution in [0.25, 0.3) is 0 Å². The first-order chi connectivity index (χ1) is 18.5. The third-order valence-electron chi connectivity index (χ3n) is 5.87. The second kappa shape index (κ2) is 15.5. The van der Waals surface area contributed by atoms with Crippen molar-refractivity contribution in [1.82, 2.24) is 5.32 Å². The highest BCUT2D eigenvalue weighted by molar-refractivity contribution is 5.85. The number of rotatable bonds is 8. The highest BCUT2D eigenvalue weighted by Crippen LogP contribution is 2.31. The van der Waals surface area contributed by atoms with Crippen LogP contribution in [0, 0.1) is 35.5 Å². The summed E-state index contributed by atoms with van der Waals surface area (Å²) in [5, 5.41) is 2.33. The van der Waals surface area contributed by atoms with Crippen LogP contribution in [-0.2, 0) is 11.3 Å². The summed E-state index contributed by atoms with van der Waals surface area (Å²) in [7, 11) is 1.53. The van der Waals surface area contributed by atoms with E-state index >= 15 is 0 Å². The maximum absolute atomic E-state index is 12.9. The number of carbonyl (C=O) groups is 1. The molecule has 0 radical (unpaired) electrons. The first-order valence-electron chi connectivity index (χ1n) is 12.9. The van der Waals surface area contributed by atoms with Crippen molar-refractivity contribution in [2.75, 3.05) is 7.11 Å². The van der Waals surface area contributed by atoms with Crippen molar-refractivity contribution in [2.24, 2.45) is 17.6 Å². The fraction of sp³-hybridized carbons (Fsp3) is 0.621. The van der Waals surface area contributed by atoms with Gasteiger partial charge in [0.05, 0.1) is 25.5 Å². The topological polar surface area (TPSA) is 73.6 Å². The third kappa shape index (κ3) is 17.6. The zero-order chi connectivity index (χ0) is 30.0. The molecule has 2 atom stereocenters. The minimum absolute atomic E-state index is 0. The van der Waals surface area contributed by atoms with Crippen LogP contribution in [-0.4, -0.2) is 36.6 Å². The number of carbonyl (C=O) groups excluding carboxylic acids is 1. The summed E-state index contributed by atoms with van der Waals surface area (Å²) in [4.78, 5) is 12.0. The molecule has 2 unspecified atom stereocenters. The number of benzene rings is 1. The van der Waals surface area contributed by atoms with E-state index in [1.165, 1.54) is 21.0 Å². The molecule has 230 valence electrons. The Hall–Kier alpha value is -2.76. The zero-order valence-electron chi connectivity index (χ0n) is 23.3. The van der Waals surface area contributed by atoms with Crippen LogP contribution in [0.4, 0.5) is 31.1 Å². The number of ether oxygens (including phenoxy) is 2. The van der Waals surface area contributed by atoms with Crippen molar-refractivity contribution >= 4 is 18.5 Å².